The second-order valence-corrected chi connectivity index (χ2v) is 10.2. The van der Waals surface area contributed by atoms with Crippen molar-refractivity contribution in [3.63, 3.8) is 0 Å². The number of methoxy groups -OCH3 is 1. The number of aryl methyl sites for hydroxylation is 1. The molecular weight excluding hydrogens is 459 g/mol. The van der Waals surface area contributed by atoms with E-state index in [0.717, 1.165) is 37.9 Å². The van der Waals surface area contributed by atoms with Gasteiger partial charge in [-0.2, -0.15) is 0 Å². The number of sulfonamides is 1. The average Bonchev–Trinajstić information content (AvgIpc) is 3.13. The summed E-state index contributed by atoms with van der Waals surface area (Å²) in [7, 11) is -0.330. The highest BCUT2D eigenvalue weighted by Gasteiger charge is 2.23. The van der Waals surface area contributed by atoms with Crippen molar-refractivity contribution < 1.29 is 22.3 Å². The molecule has 1 aromatic carbocycles. The first-order valence-corrected chi connectivity index (χ1v) is 12.5. The van der Waals surface area contributed by atoms with E-state index in [0.29, 0.717) is 24.3 Å². The van der Waals surface area contributed by atoms with Crippen LogP contribution in [-0.4, -0.2) is 43.3 Å². The number of aromatic nitrogens is 2. The Balaban J connectivity index is 1.74. The molecule has 0 radical (unpaired) electrons. The van der Waals surface area contributed by atoms with Crippen LogP contribution in [0.3, 0.4) is 0 Å². The van der Waals surface area contributed by atoms with Crippen LogP contribution in [0.2, 0.25) is 5.02 Å². The third-order valence-corrected chi connectivity index (χ3v) is 7.17. The summed E-state index contributed by atoms with van der Waals surface area (Å²) in [6.07, 6.45) is 7.13. The molecule has 1 amide bonds. The molecule has 1 fully saturated rings. The molecule has 2 N–H and O–H groups in total. The minimum absolute atomic E-state index is 0.0594. The SMILES string of the molecule is COCCc1nc(-c2cc(Cl)c(F)c(C(=O)NNS(=O)(=O)CC3CCCCC3)c2)cn1C. The minimum Gasteiger partial charge on any atom is -0.384 e. The summed E-state index contributed by atoms with van der Waals surface area (Å²) >= 11 is 6.01. The predicted octanol–water partition coefficient (Wildman–Crippen LogP) is 3.21. The summed E-state index contributed by atoms with van der Waals surface area (Å²) in [5.74, 6) is -1.13. The number of nitrogens with one attached hydrogen (secondary N) is 2. The highest BCUT2D eigenvalue weighted by molar-refractivity contribution is 7.89. The third-order valence-electron chi connectivity index (χ3n) is 5.57. The molecule has 0 saturated heterocycles. The van der Waals surface area contributed by atoms with E-state index in [1.54, 1.807) is 13.3 Å². The van der Waals surface area contributed by atoms with Crippen LogP contribution in [0.4, 0.5) is 4.39 Å². The molecule has 1 aliphatic rings. The first-order valence-electron chi connectivity index (χ1n) is 10.5. The first-order chi connectivity index (χ1) is 15.2. The minimum atomic E-state index is -3.75. The molecular formula is C21H28ClFN4O4S. The van der Waals surface area contributed by atoms with Crippen molar-refractivity contribution in [3.05, 3.63) is 40.6 Å². The second-order valence-electron chi connectivity index (χ2n) is 8.06. The van der Waals surface area contributed by atoms with E-state index in [4.69, 9.17) is 16.3 Å². The van der Waals surface area contributed by atoms with Gasteiger partial charge in [0, 0.05) is 32.3 Å². The van der Waals surface area contributed by atoms with E-state index in [-0.39, 0.29) is 22.3 Å². The Morgan fingerprint density at radius 3 is 2.72 bits per heavy atom. The van der Waals surface area contributed by atoms with E-state index < -0.39 is 21.7 Å². The number of ether oxygens (including phenoxy) is 1. The third kappa shape index (κ3) is 6.28. The van der Waals surface area contributed by atoms with Crippen molar-refractivity contribution in [2.24, 2.45) is 13.0 Å². The van der Waals surface area contributed by atoms with E-state index in [2.05, 4.69) is 15.2 Å². The first kappa shape index (κ1) is 24.6. The number of hydrogen-bond donors (Lipinski definition) is 2. The Morgan fingerprint density at radius 1 is 1.31 bits per heavy atom. The number of benzene rings is 1. The molecule has 0 bridgehead atoms. The van der Waals surface area contributed by atoms with Gasteiger partial charge in [0.25, 0.3) is 5.91 Å². The van der Waals surface area contributed by atoms with Crippen LogP contribution in [0.15, 0.2) is 18.3 Å². The summed E-state index contributed by atoms with van der Waals surface area (Å²) in [5, 5.41) is -0.262. The van der Waals surface area contributed by atoms with Gasteiger partial charge < -0.3 is 9.30 Å². The molecule has 11 heteroatoms. The van der Waals surface area contributed by atoms with Gasteiger partial charge in [-0.1, -0.05) is 30.9 Å². The zero-order chi connectivity index (χ0) is 23.3. The molecule has 32 heavy (non-hydrogen) atoms. The lowest BCUT2D eigenvalue weighted by Gasteiger charge is -2.21. The van der Waals surface area contributed by atoms with Gasteiger partial charge in [0.05, 0.1) is 28.6 Å². The van der Waals surface area contributed by atoms with Crippen molar-refractivity contribution in [1.29, 1.82) is 0 Å². The number of hydrazine groups is 1. The molecule has 2 aromatic rings. The zero-order valence-electron chi connectivity index (χ0n) is 18.2. The zero-order valence-corrected chi connectivity index (χ0v) is 19.7. The van der Waals surface area contributed by atoms with Gasteiger partial charge in [-0.05, 0) is 30.9 Å². The Hall–Kier alpha value is -2.01. The topological polar surface area (TPSA) is 102 Å². The van der Waals surface area contributed by atoms with Gasteiger partial charge in [-0.15, -0.1) is 4.83 Å². The highest BCUT2D eigenvalue weighted by Crippen LogP contribution is 2.28. The molecule has 1 aliphatic carbocycles. The Labute approximate surface area is 192 Å². The van der Waals surface area contributed by atoms with E-state index in [9.17, 15) is 17.6 Å². The van der Waals surface area contributed by atoms with E-state index in [1.165, 1.54) is 12.1 Å². The Kier molecular flexibility index (Phi) is 8.26. The number of imidazole rings is 1. The number of amides is 1. The Morgan fingerprint density at radius 2 is 2.03 bits per heavy atom. The fraction of sp³-hybridized carbons (Fsp3) is 0.524. The van der Waals surface area contributed by atoms with Gasteiger partial charge in [0.2, 0.25) is 10.0 Å². The lowest BCUT2D eigenvalue weighted by molar-refractivity contribution is 0.0941. The summed E-state index contributed by atoms with van der Waals surface area (Å²) in [6, 6.07) is 2.68. The van der Waals surface area contributed by atoms with Gasteiger partial charge in [0.1, 0.15) is 5.82 Å². The predicted molar refractivity (Wildman–Crippen MR) is 120 cm³/mol. The molecule has 1 saturated carbocycles. The average molecular weight is 487 g/mol. The van der Waals surface area contributed by atoms with Gasteiger partial charge in [-0.25, -0.2) is 17.8 Å². The maximum absolute atomic E-state index is 14.6. The van der Waals surface area contributed by atoms with Crippen molar-refractivity contribution in [2.75, 3.05) is 19.5 Å². The lowest BCUT2D eigenvalue weighted by Crippen LogP contribution is -2.44. The molecule has 0 spiro atoms. The number of rotatable bonds is 9. The van der Waals surface area contributed by atoms with Crippen molar-refractivity contribution in [3.8, 4) is 11.3 Å². The number of nitrogens with zero attached hydrogens (tertiary/aromatic N) is 2. The molecule has 0 aliphatic heterocycles. The monoisotopic (exact) mass is 486 g/mol. The normalized spacial score (nSPS) is 15.1. The largest absolute Gasteiger partial charge is 0.384 e. The van der Waals surface area contributed by atoms with Crippen LogP contribution in [0.5, 0.6) is 0 Å². The van der Waals surface area contributed by atoms with Crippen LogP contribution in [0, 0.1) is 11.7 Å². The van der Waals surface area contributed by atoms with Crippen LogP contribution >= 0.6 is 11.6 Å². The van der Waals surface area contributed by atoms with Gasteiger partial charge in [0.15, 0.2) is 5.82 Å². The van der Waals surface area contributed by atoms with Crippen molar-refractivity contribution in [1.82, 2.24) is 19.8 Å². The quantitative estimate of drug-likeness (QED) is 0.530. The van der Waals surface area contributed by atoms with Gasteiger partial charge in [-0.3, -0.25) is 10.2 Å². The van der Waals surface area contributed by atoms with Crippen LogP contribution in [-0.2, 0) is 28.2 Å². The van der Waals surface area contributed by atoms with Gasteiger partial charge >= 0.3 is 0 Å². The maximum Gasteiger partial charge on any atom is 0.269 e. The smallest absolute Gasteiger partial charge is 0.269 e. The number of hydrogen-bond acceptors (Lipinski definition) is 5. The van der Waals surface area contributed by atoms with Crippen molar-refractivity contribution >= 4 is 27.5 Å². The second kappa shape index (κ2) is 10.7. The molecule has 176 valence electrons. The summed E-state index contributed by atoms with van der Waals surface area (Å²) in [6.45, 7) is 0.489. The Bertz CT molecular complexity index is 1070. The fourth-order valence-electron chi connectivity index (χ4n) is 3.87. The fourth-order valence-corrected chi connectivity index (χ4v) is 5.37. The molecule has 1 aromatic heterocycles. The summed E-state index contributed by atoms with van der Waals surface area (Å²) in [5.41, 5.74) is 2.67. The van der Waals surface area contributed by atoms with E-state index >= 15 is 0 Å². The molecule has 8 nitrogen and oxygen atoms in total. The maximum atomic E-state index is 14.6. The lowest BCUT2D eigenvalue weighted by atomic mass is 9.91. The highest BCUT2D eigenvalue weighted by atomic mass is 35.5. The molecule has 0 atom stereocenters. The van der Waals surface area contributed by atoms with E-state index in [1.807, 2.05) is 11.6 Å². The number of carbonyl (C=O) groups is 1. The standard InChI is InChI=1S/C21H28ClFN4O4S/c1-27-12-18(24-19(27)8-9-31-2)15-10-16(20(23)17(22)11-15)21(28)25-26-32(29,30)13-14-6-4-3-5-7-14/h10-12,14,26H,3-9,13H2,1-2H3,(H,25,28). The molecule has 1 heterocycles. The number of halogens is 2. The summed E-state index contributed by atoms with van der Waals surface area (Å²) in [4.78, 5) is 19.1. The molecule has 3 rings (SSSR count). The van der Waals surface area contributed by atoms with Crippen molar-refractivity contribution in [2.45, 2.75) is 38.5 Å². The summed E-state index contributed by atoms with van der Waals surface area (Å²) < 4.78 is 46.1. The number of carbonyl (C=O) groups excluding carboxylic acids is 1. The molecule has 0 unspecified atom stereocenters. The van der Waals surface area contributed by atoms with Crippen LogP contribution in [0.25, 0.3) is 11.3 Å². The van der Waals surface area contributed by atoms with Crippen LogP contribution < -0.4 is 10.3 Å². The van der Waals surface area contributed by atoms with Crippen LogP contribution in [0.1, 0.15) is 48.3 Å².